The third-order valence-corrected chi connectivity index (χ3v) is 4.96. The molecular formula is C25H21ClN+. The van der Waals surface area contributed by atoms with E-state index in [1.807, 2.05) is 12.1 Å². The maximum atomic E-state index is 6.08. The lowest BCUT2D eigenvalue weighted by Crippen LogP contribution is -2.39. The number of rotatable bonds is 4. The Bertz CT molecular complexity index is 978. The Morgan fingerprint density at radius 2 is 1.15 bits per heavy atom. The first kappa shape index (κ1) is 17.5. The SMILES string of the molecule is Cc1cc(-c2ccccc2)[n+](Cc2ccc(Cl)cc2)c(-c2ccccc2)c1. The van der Waals surface area contributed by atoms with Gasteiger partial charge in [-0.2, -0.15) is 4.57 Å². The zero-order valence-corrected chi connectivity index (χ0v) is 16.0. The van der Waals surface area contributed by atoms with E-state index in [4.69, 9.17) is 11.6 Å². The molecular weight excluding hydrogens is 350 g/mol. The lowest BCUT2D eigenvalue weighted by atomic mass is 10.0. The van der Waals surface area contributed by atoms with Crippen molar-refractivity contribution in [2.45, 2.75) is 13.5 Å². The van der Waals surface area contributed by atoms with Crippen molar-refractivity contribution >= 4 is 11.6 Å². The topological polar surface area (TPSA) is 3.88 Å². The molecule has 0 aliphatic carbocycles. The van der Waals surface area contributed by atoms with Gasteiger partial charge in [0.15, 0.2) is 6.54 Å². The van der Waals surface area contributed by atoms with Crippen LogP contribution < -0.4 is 4.57 Å². The van der Waals surface area contributed by atoms with Gasteiger partial charge in [-0.3, -0.25) is 0 Å². The summed E-state index contributed by atoms with van der Waals surface area (Å²) in [5.41, 5.74) is 7.33. The molecule has 0 radical (unpaired) electrons. The van der Waals surface area contributed by atoms with Crippen molar-refractivity contribution in [3.63, 3.8) is 0 Å². The molecule has 1 nitrogen and oxygen atoms in total. The van der Waals surface area contributed by atoms with Crippen LogP contribution in [0.15, 0.2) is 97.1 Å². The van der Waals surface area contributed by atoms with Gasteiger partial charge in [-0.1, -0.05) is 60.1 Å². The van der Waals surface area contributed by atoms with Crippen LogP contribution in [0.25, 0.3) is 22.5 Å². The Morgan fingerprint density at radius 3 is 1.63 bits per heavy atom. The van der Waals surface area contributed by atoms with E-state index in [0.717, 1.165) is 11.6 Å². The molecule has 0 bridgehead atoms. The molecule has 0 aliphatic heterocycles. The fourth-order valence-corrected chi connectivity index (χ4v) is 3.52. The average molecular weight is 371 g/mol. The van der Waals surface area contributed by atoms with Gasteiger partial charge in [-0.15, -0.1) is 0 Å². The van der Waals surface area contributed by atoms with Crippen molar-refractivity contribution in [3.8, 4) is 22.5 Å². The molecule has 4 rings (SSSR count). The number of halogens is 1. The summed E-state index contributed by atoms with van der Waals surface area (Å²) in [5.74, 6) is 0. The van der Waals surface area contributed by atoms with E-state index in [1.54, 1.807) is 0 Å². The van der Waals surface area contributed by atoms with Gasteiger partial charge in [-0.05, 0) is 48.9 Å². The predicted molar refractivity (Wildman–Crippen MR) is 113 cm³/mol. The molecule has 3 aromatic carbocycles. The number of aryl methyl sites for hydroxylation is 1. The minimum Gasteiger partial charge on any atom is -0.187 e. The number of nitrogens with zero attached hydrogens (tertiary/aromatic N) is 1. The van der Waals surface area contributed by atoms with Crippen molar-refractivity contribution in [1.82, 2.24) is 0 Å². The largest absolute Gasteiger partial charge is 0.213 e. The summed E-state index contributed by atoms with van der Waals surface area (Å²) in [6.07, 6.45) is 0. The van der Waals surface area contributed by atoms with Crippen molar-refractivity contribution in [1.29, 1.82) is 0 Å². The second-order valence-corrected chi connectivity index (χ2v) is 7.18. The third kappa shape index (κ3) is 3.94. The fraction of sp³-hybridized carbons (Fsp3) is 0.0800. The lowest BCUT2D eigenvalue weighted by Gasteiger charge is -2.11. The molecule has 1 heterocycles. The van der Waals surface area contributed by atoms with Crippen molar-refractivity contribution in [3.05, 3.63) is 113 Å². The standard InChI is InChI=1S/C25H21ClN/c1-19-16-24(21-8-4-2-5-9-21)27(18-20-12-14-23(26)15-13-20)25(17-19)22-10-6-3-7-11-22/h2-17H,18H2,1H3/q+1. The molecule has 0 amide bonds. The minimum absolute atomic E-state index is 0.763. The van der Waals surface area contributed by atoms with Crippen LogP contribution in [0.4, 0.5) is 0 Å². The van der Waals surface area contributed by atoms with Crippen LogP contribution in [0.2, 0.25) is 5.02 Å². The van der Waals surface area contributed by atoms with E-state index in [-0.39, 0.29) is 0 Å². The molecule has 0 fully saturated rings. The molecule has 0 spiro atoms. The van der Waals surface area contributed by atoms with E-state index in [1.165, 1.54) is 33.6 Å². The fourth-order valence-electron chi connectivity index (χ4n) is 3.40. The first-order valence-electron chi connectivity index (χ1n) is 9.10. The molecule has 27 heavy (non-hydrogen) atoms. The molecule has 0 saturated carbocycles. The molecule has 0 unspecified atom stereocenters. The van der Waals surface area contributed by atoms with Crippen molar-refractivity contribution in [2.75, 3.05) is 0 Å². The van der Waals surface area contributed by atoms with Crippen LogP contribution in [0.3, 0.4) is 0 Å². The van der Waals surface area contributed by atoms with Gasteiger partial charge in [0.2, 0.25) is 11.4 Å². The molecule has 0 saturated heterocycles. The second-order valence-electron chi connectivity index (χ2n) is 6.75. The predicted octanol–water partition coefficient (Wildman–Crippen LogP) is 6.32. The second kappa shape index (κ2) is 7.77. The average Bonchev–Trinajstić information content (AvgIpc) is 2.72. The monoisotopic (exact) mass is 370 g/mol. The first-order valence-corrected chi connectivity index (χ1v) is 9.48. The normalized spacial score (nSPS) is 10.7. The molecule has 0 atom stereocenters. The highest BCUT2D eigenvalue weighted by molar-refractivity contribution is 6.30. The Balaban J connectivity index is 1.93. The number of hydrogen-bond donors (Lipinski definition) is 0. The van der Waals surface area contributed by atoms with Crippen LogP contribution in [-0.2, 0) is 6.54 Å². The van der Waals surface area contributed by atoms with Crippen LogP contribution in [0.5, 0.6) is 0 Å². The van der Waals surface area contributed by atoms with Gasteiger partial charge >= 0.3 is 0 Å². The zero-order valence-electron chi connectivity index (χ0n) is 15.3. The first-order chi connectivity index (χ1) is 13.2. The van der Waals surface area contributed by atoms with E-state index >= 15 is 0 Å². The number of aromatic nitrogens is 1. The number of pyridine rings is 1. The van der Waals surface area contributed by atoms with Crippen molar-refractivity contribution in [2.24, 2.45) is 0 Å². The Labute approximate surface area is 165 Å². The molecule has 132 valence electrons. The van der Waals surface area contributed by atoms with Gasteiger partial charge in [-0.25, -0.2) is 0 Å². The summed E-state index contributed by atoms with van der Waals surface area (Å²) >= 11 is 6.08. The van der Waals surface area contributed by atoms with E-state index < -0.39 is 0 Å². The summed E-state index contributed by atoms with van der Waals surface area (Å²) in [6, 6.07) is 33.8. The molecule has 0 N–H and O–H groups in total. The quantitative estimate of drug-likeness (QED) is 0.370. The lowest BCUT2D eigenvalue weighted by molar-refractivity contribution is -0.666. The summed E-state index contributed by atoms with van der Waals surface area (Å²) in [6.45, 7) is 2.94. The van der Waals surface area contributed by atoms with Crippen LogP contribution in [-0.4, -0.2) is 0 Å². The van der Waals surface area contributed by atoms with E-state index in [2.05, 4.69) is 96.4 Å². The summed E-state index contributed by atoms with van der Waals surface area (Å²) in [5, 5.41) is 0.763. The molecule has 4 aromatic rings. The maximum Gasteiger partial charge on any atom is 0.213 e. The molecule has 2 heteroatoms. The van der Waals surface area contributed by atoms with Gasteiger partial charge in [0.25, 0.3) is 0 Å². The van der Waals surface area contributed by atoms with Gasteiger partial charge in [0.05, 0.1) is 0 Å². The smallest absolute Gasteiger partial charge is 0.187 e. The Hall–Kier alpha value is -2.90. The molecule has 0 aliphatic rings. The number of hydrogen-bond acceptors (Lipinski definition) is 0. The van der Waals surface area contributed by atoms with Gasteiger partial charge in [0, 0.05) is 33.8 Å². The van der Waals surface area contributed by atoms with Crippen LogP contribution >= 0.6 is 11.6 Å². The summed E-state index contributed by atoms with van der Waals surface area (Å²) < 4.78 is 2.39. The number of benzene rings is 3. The Kier molecular flexibility index (Phi) is 5.04. The summed E-state index contributed by atoms with van der Waals surface area (Å²) in [4.78, 5) is 0. The van der Waals surface area contributed by atoms with Gasteiger partial charge < -0.3 is 0 Å². The molecule has 1 aromatic heterocycles. The van der Waals surface area contributed by atoms with E-state index in [9.17, 15) is 0 Å². The third-order valence-electron chi connectivity index (χ3n) is 4.70. The highest BCUT2D eigenvalue weighted by Gasteiger charge is 2.21. The van der Waals surface area contributed by atoms with Gasteiger partial charge in [0.1, 0.15) is 0 Å². The minimum atomic E-state index is 0.763. The highest BCUT2D eigenvalue weighted by Crippen LogP contribution is 2.24. The van der Waals surface area contributed by atoms with E-state index in [0.29, 0.717) is 0 Å². The zero-order chi connectivity index (χ0) is 18.6. The summed E-state index contributed by atoms with van der Waals surface area (Å²) in [7, 11) is 0. The van der Waals surface area contributed by atoms with Crippen LogP contribution in [0.1, 0.15) is 11.1 Å². The van der Waals surface area contributed by atoms with Crippen molar-refractivity contribution < 1.29 is 4.57 Å². The highest BCUT2D eigenvalue weighted by atomic mass is 35.5. The Morgan fingerprint density at radius 1 is 0.667 bits per heavy atom. The maximum absolute atomic E-state index is 6.08. The van der Waals surface area contributed by atoms with Crippen LogP contribution in [0, 0.1) is 6.92 Å².